The summed E-state index contributed by atoms with van der Waals surface area (Å²) in [6.07, 6.45) is 0. The van der Waals surface area contributed by atoms with Gasteiger partial charge in [0.25, 0.3) is 5.91 Å². The van der Waals surface area contributed by atoms with Gasteiger partial charge in [-0.15, -0.1) is 0 Å². The van der Waals surface area contributed by atoms with Gasteiger partial charge in [0, 0.05) is 12.7 Å². The van der Waals surface area contributed by atoms with Gasteiger partial charge in [-0.3, -0.25) is 4.79 Å². The van der Waals surface area contributed by atoms with Gasteiger partial charge in [0.2, 0.25) is 0 Å². The second-order valence-corrected chi connectivity index (χ2v) is 5.11. The zero-order valence-electron chi connectivity index (χ0n) is 12.6. The van der Waals surface area contributed by atoms with Crippen LogP contribution in [0.15, 0.2) is 42.5 Å². The summed E-state index contributed by atoms with van der Waals surface area (Å²) < 4.78 is 10.8. The predicted molar refractivity (Wildman–Crippen MR) is 86.2 cm³/mol. The number of hydrogen-bond donors (Lipinski definition) is 1. The maximum atomic E-state index is 12.4. The molecule has 114 valence electrons. The molecule has 1 heterocycles. The average molecular weight is 298 g/mol. The molecular weight excluding hydrogens is 280 g/mol. The quantitative estimate of drug-likeness (QED) is 0.946. The molecule has 1 aliphatic heterocycles. The van der Waals surface area contributed by atoms with Gasteiger partial charge >= 0.3 is 0 Å². The number of fused-ring (bicyclic) bond motifs is 1. The van der Waals surface area contributed by atoms with Gasteiger partial charge in [-0.1, -0.05) is 12.1 Å². The first-order valence-corrected chi connectivity index (χ1v) is 7.11. The van der Waals surface area contributed by atoms with E-state index < -0.39 is 0 Å². The molecule has 0 saturated carbocycles. The highest BCUT2D eigenvalue weighted by atomic mass is 16.5. The molecule has 2 aromatic rings. The van der Waals surface area contributed by atoms with E-state index in [4.69, 9.17) is 9.47 Å². The van der Waals surface area contributed by atoms with E-state index in [0.29, 0.717) is 17.9 Å². The van der Waals surface area contributed by atoms with Crippen molar-refractivity contribution in [1.82, 2.24) is 0 Å². The summed E-state index contributed by atoms with van der Waals surface area (Å²) in [5.41, 5.74) is 2.21. The van der Waals surface area contributed by atoms with E-state index in [1.807, 2.05) is 37.4 Å². The van der Waals surface area contributed by atoms with Crippen molar-refractivity contribution in [1.29, 1.82) is 0 Å². The molecule has 1 amide bonds. The predicted octanol–water partition coefficient (Wildman–Crippen LogP) is 2.78. The number of amides is 1. The van der Waals surface area contributed by atoms with Crippen LogP contribution >= 0.6 is 0 Å². The molecule has 0 saturated heterocycles. The summed E-state index contributed by atoms with van der Waals surface area (Å²) in [6, 6.07) is 12.8. The van der Waals surface area contributed by atoms with E-state index in [0.717, 1.165) is 23.7 Å². The highest BCUT2D eigenvalue weighted by molar-refractivity contribution is 6.06. The van der Waals surface area contributed by atoms with E-state index in [9.17, 15) is 4.79 Å². The second kappa shape index (κ2) is 5.97. The molecule has 5 nitrogen and oxygen atoms in total. The lowest BCUT2D eigenvalue weighted by Gasteiger charge is -2.28. The normalized spacial score (nSPS) is 13.1. The van der Waals surface area contributed by atoms with Crippen molar-refractivity contribution < 1.29 is 14.3 Å². The Balaban J connectivity index is 1.84. The number of rotatable bonds is 3. The number of likely N-dealkylation sites (N-methyl/N-ethyl adjacent to an activating group) is 1. The fraction of sp³-hybridized carbons (Fsp3) is 0.235. The van der Waals surface area contributed by atoms with Gasteiger partial charge < -0.3 is 19.7 Å². The SMILES string of the molecule is COc1ccccc1C(=O)Nc1ccc2c(c1)N(C)CCO2. The molecule has 22 heavy (non-hydrogen) atoms. The first-order valence-electron chi connectivity index (χ1n) is 7.11. The van der Waals surface area contributed by atoms with Crippen LogP contribution in [0.4, 0.5) is 11.4 Å². The van der Waals surface area contributed by atoms with Crippen molar-refractivity contribution in [3.05, 3.63) is 48.0 Å². The minimum Gasteiger partial charge on any atom is -0.496 e. The van der Waals surface area contributed by atoms with Crippen molar-refractivity contribution in [2.24, 2.45) is 0 Å². The Morgan fingerprint density at radius 1 is 1.27 bits per heavy atom. The summed E-state index contributed by atoms with van der Waals surface area (Å²) >= 11 is 0. The number of ether oxygens (including phenoxy) is 2. The van der Waals surface area contributed by atoms with Crippen LogP contribution in [-0.2, 0) is 0 Å². The van der Waals surface area contributed by atoms with Gasteiger partial charge in [-0.2, -0.15) is 0 Å². The average Bonchev–Trinajstić information content (AvgIpc) is 2.55. The number of nitrogens with one attached hydrogen (secondary N) is 1. The maximum absolute atomic E-state index is 12.4. The number of para-hydroxylation sites is 1. The van der Waals surface area contributed by atoms with E-state index in [2.05, 4.69) is 10.2 Å². The Labute approximate surface area is 129 Å². The Morgan fingerprint density at radius 3 is 2.91 bits per heavy atom. The molecule has 0 aliphatic carbocycles. The molecular formula is C17H18N2O3. The van der Waals surface area contributed by atoms with E-state index in [1.54, 1.807) is 19.2 Å². The van der Waals surface area contributed by atoms with Crippen LogP contribution in [-0.4, -0.2) is 33.2 Å². The van der Waals surface area contributed by atoms with Crippen LogP contribution in [0.2, 0.25) is 0 Å². The largest absolute Gasteiger partial charge is 0.496 e. The molecule has 0 spiro atoms. The molecule has 2 aromatic carbocycles. The van der Waals surface area contributed by atoms with Crippen molar-refractivity contribution in [2.75, 3.05) is 37.5 Å². The molecule has 5 heteroatoms. The Hall–Kier alpha value is -2.69. The summed E-state index contributed by atoms with van der Waals surface area (Å²) in [5.74, 6) is 1.19. The zero-order chi connectivity index (χ0) is 15.5. The molecule has 1 N–H and O–H groups in total. The van der Waals surface area contributed by atoms with Crippen LogP contribution in [0.25, 0.3) is 0 Å². The number of methoxy groups -OCH3 is 1. The van der Waals surface area contributed by atoms with Crippen LogP contribution in [0.1, 0.15) is 10.4 Å². The Morgan fingerprint density at radius 2 is 2.09 bits per heavy atom. The fourth-order valence-electron chi connectivity index (χ4n) is 2.46. The monoisotopic (exact) mass is 298 g/mol. The lowest BCUT2D eigenvalue weighted by molar-refractivity contribution is 0.102. The van der Waals surface area contributed by atoms with Gasteiger partial charge in [-0.25, -0.2) is 0 Å². The summed E-state index contributed by atoms with van der Waals surface area (Å²) in [7, 11) is 3.56. The third kappa shape index (κ3) is 2.70. The van der Waals surface area contributed by atoms with E-state index in [-0.39, 0.29) is 5.91 Å². The van der Waals surface area contributed by atoms with Crippen LogP contribution in [0.5, 0.6) is 11.5 Å². The van der Waals surface area contributed by atoms with Crippen molar-refractivity contribution in [2.45, 2.75) is 0 Å². The smallest absolute Gasteiger partial charge is 0.259 e. The second-order valence-electron chi connectivity index (χ2n) is 5.11. The number of carbonyl (C=O) groups is 1. The number of hydrogen-bond acceptors (Lipinski definition) is 4. The molecule has 0 atom stereocenters. The minimum absolute atomic E-state index is 0.197. The van der Waals surface area contributed by atoms with Gasteiger partial charge in [0.05, 0.1) is 24.9 Å². The van der Waals surface area contributed by atoms with Crippen molar-refractivity contribution in [3.8, 4) is 11.5 Å². The van der Waals surface area contributed by atoms with Crippen molar-refractivity contribution in [3.63, 3.8) is 0 Å². The molecule has 0 bridgehead atoms. The molecule has 1 aliphatic rings. The third-order valence-electron chi connectivity index (χ3n) is 3.66. The van der Waals surface area contributed by atoms with E-state index >= 15 is 0 Å². The Bertz CT molecular complexity index is 700. The number of nitrogens with zero attached hydrogens (tertiary/aromatic N) is 1. The molecule has 0 unspecified atom stereocenters. The minimum atomic E-state index is -0.197. The standard InChI is InChI=1S/C17H18N2O3/c1-19-9-10-22-16-8-7-12(11-14(16)19)18-17(20)13-5-3-4-6-15(13)21-2/h3-8,11H,9-10H2,1-2H3,(H,18,20). The molecule has 3 rings (SSSR count). The summed E-state index contributed by atoms with van der Waals surface area (Å²) in [4.78, 5) is 14.5. The fourth-order valence-corrected chi connectivity index (χ4v) is 2.46. The molecule has 0 fully saturated rings. The highest BCUT2D eigenvalue weighted by Gasteiger charge is 2.17. The number of benzene rings is 2. The topological polar surface area (TPSA) is 50.8 Å². The summed E-state index contributed by atoms with van der Waals surface area (Å²) in [6.45, 7) is 1.51. The lowest BCUT2D eigenvalue weighted by atomic mass is 10.1. The first-order chi connectivity index (χ1) is 10.7. The third-order valence-corrected chi connectivity index (χ3v) is 3.66. The summed E-state index contributed by atoms with van der Waals surface area (Å²) in [5, 5.41) is 2.90. The molecule has 0 aromatic heterocycles. The maximum Gasteiger partial charge on any atom is 0.259 e. The van der Waals surface area contributed by atoms with Crippen LogP contribution < -0.4 is 19.7 Å². The first kappa shape index (κ1) is 14.3. The van der Waals surface area contributed by atoms with Crippen LogP contribution in [0, 0.1) is 0 Å². The van der Waals surface area contributed by atoms with E-state index in [1.165, 1.54) is 0 Å². The number of carbonyl (C=O) groups excluding carboxylic acids is 1. The molecule has 0 radical (unpaired) electrons. The Kier molecular flexibility index (Phi) is 3.87. The van der Waals surface area contributed by atoms with Crippen molar-refractivity contribution >= 4 is 17.3 Å². The lowest BCUT2D eigenvalue weighted by Crippen LogP contribution is -2.28. The van der Waals surface area contributed by atoms with Gasteiger partial charge in [0.15, 0.2) is 0 Å². The number of anilines is 2. The van der Waals surface area contributed by atoms with Crippen LogP contribution in [0.3, 0.4) is 0 Å². The van der Waals surface area contributed by atoms with Gasteiger partial charge in [0.1, 0.15) is 18.1 Å². The van der Waals surface area contributed by atoms with Gasteiger partial charge in [-0.05, 0) is 30.3 Å². The highest BCUT2D eigenvalue weighted by Crippen LogP contribution is 2.33. The zero-order valence-corrected chi connectivity index (χ0v) is 12.6.